The van der Waals surface area contributed by atoms with Crippen LogP contribution >= 0.6 is 11.8 Å². The molecule has 2 amide bonds. The van der Waals surface area contributed by atoms with Gasteiger partial charge in [0, 0.05) is 38.3 Å². The summed E-state index contributed by atoms with van der Waals surface area (Å²) in [4.78, 5) is 55.2. The van der Waals surface area contributed by atoms with Crippen LogP contribution in [-0.4, -0.2) is 88.5 Å². The number of hydrogen-bond donors (Lipinski definition) is 0. The van der Waals surface area contributed by atoms with Crippen molar-refractivity contribution in [2.75, 3.05) is 62.4 Å². The second kappa shape index (κ2) is 12.7. The smallest absolute Gasteiger partial charge is 0.328 e. The van der Waals surface area contributed by atoms with E-state index in [0.717, 1.165) is 16.7 Å². The van der Waals surface area contributed by atoms with Crippen molar-refractivity contribution in [3.05, 3.63) is 74.7 Å². The minimum atomic E-state index is -0.502. The Hall–Kier alpha value is -4.60. The quantitative estimate of drug-likeness (QED) is 0.209. The third kappa shape index (κ3) is 6.74. The molecule has 43 heavy (non-hydrogen) atoms. The van der Waals surface area contributed by atoms with E-state index >= 15 is 0 Å². The number of anilines is 2. The summed E-state index contributed by atoms with van der Waals surface area (Å²) in [6.07, 6.45) is 1.64. The SMILES string of the molecule is O=C1S/C(=C\c2ccc(Oc3nc(N4CCOCC4)nc(N4CCOCC4)n3)cc2)C(=O)N1Cc1ccc([N+](=O)[O-])cc1. The van der Waals surface area contributed by atoms with Gasteiger partial charge in [-0.15, -0.1) is 0 Å². The third-order valence-electron chi connectivity index (χ3n) is 6.93. The number of nitro benzene ring substituents is 1. The van der Waals surface area contributed by atoms with Crippen LogP contribution in [0, 0.1) is 10.1 Å². The summed E-state index contributed by atoms with van der Waals surface area (Å²) in [6, 6.07) is 12.9. The number of nitrogens with zero attached hydrogens (tertiary/aromatic N) is 7. The number of amides is 2. The van der Waals surface area contributed by atoms with E-state index in [9.17, 15) is 19.7 Å². The highest BCUT2D eigenvalue weighted by molar-refractivity contribution is 8.18. The van der Waals surface area contributed by atoms with Gasteiger partial charge >= 0.3 is 6.01 Å². The predicted octanol–water partition coefficient (Wildman–Crippen LogP) is 3.48. The second-order valence-corrected chi connectivity index (χ2v) is 10.8. The first-order chi connectivity index (χ1) is 20.9. The number of ether oxygens (including phenoxy) is 3. The molecule has 6 rings (SSSR count). The van der Waals surface area contributed by atoms with Gasteiger partial charge in [-0.3, -0.25) is 24.6 Å². The van der Waals surface area contributed by atoms with E-state index in [1.54, 1.807) is 30.3 Å². The van der Waals surface area contributed by atoms with E-state index in [4.69, 9.17) is 14.2 Å². The van der Waals surface area contributed by atoms with Crippen molar-refractivity contribution in [1.82, 2.24) is 19.9 Å². The molecule has 0 atom stereocenters. The van der Waals surface area contributed by atoms with E-state index in [1.165, 1.54) is 24.3 Å². The topological polar surface area (TPSA) is 153 Å². The summed E-state index contributed by atoms with van der Waals surface area (Å²) in [5.74, 6) is 1.12. The molecule has 0 saturated carbocycles. The number of hydrogen-bond acceptors (Lipinski definition) is 13. The molecule has 0 unspecified atom stereocenters. The van der Waals surface area contributed by atoms with Gasteiger partial charge in [0.25, 0.3) is 16.8 Å². The Morgan fingerprint density at radius 1 is 0.860 bits per heavy atom. The van der Waals surface area contributed by atoms with Crippen LogP contribution in [0.2, 0.25) is 0 Å². The van der Waals surface area contributed by atoms with Gasteiger partial charge < -0.3 is 24.0 Å². The van der Waals surface area contributed by atoms with Crippen LogP contribution in [0.4, 0.5) is 22.4 Å². The third-order valence-corrected chi connectivity index (χ3v) is 7.83. The largest absolute Gasteiger partial charge is 0.424 e. The Kier molecular flexibility index (Phi) is 8.44. The lowest BCUT2D eigenvalue weighted by Gasteiger charge is -2.30. The average molecular weight is 606 g/mol. The van der Waals surface area contributed by atoms with Crippen molar-refractivity contribution in [2.24, 2.45) is 0 Å². The van der Waals surface area contributed by atoms with Crippen molar-refractivity contribution in [3.8, 4) is 11.8 Å². The van der Waals surface area contributed by atoms with Crippen molar-refractivity contribution in [1.29, 1.82) is 0 Å². The maximum Gasteiger partial charge on any atom is 0.328 e. The first kappa shape index (κ1) is 28.5. The van der Waals surface area contributed by atoms with Crippen molar-refractivity contribution in [2.45, 2.75) is 6.54 Å². The number of morpholine rings is 2. The van der Waals surface area contributed by atoms with Crippen molar-refractivity contribution in [3.63, 3.8) is 0 Å². The molecule has 0 bridgehead atoms. The Balaban J connectivity index is 1.15. The van der Waals surface area contributed by atoms with E-state index in [-0.39, 0.29) is 23.1 Å². The van der Waals surface area contributed by atoms with Crippen LogP contribution in [0.5, 0.6) is 11.8 Å². The number of nitro groups is 1. The standard InChI is InChI=1S/C28H27N7O7S/c36-24-23(43-28(37)34(24)18-20-1-5-21(6-2-20)35(38)39)17-19-3-7-22(8-4-19)42-27-30-25(32-9-13-40-14-10-32)29-26(31-27)33-11-15-41-16-12-33/h1-8,17H,9-16,18H2/b23-17-. The minimum Gasteiger partial charge on any atom is -0.424 e. The Morgan fingerprint density at radius 2 is 1.44 bits per heavy atom. The normalized spacial score (nSPS) is 18.4. The highest BCUT2D eigenvalue weighted by atomic mass is 32.2. The van der Waals surface area contributed by atoms with Gasteiger partial charge in [0.05, 0.1) is 42.8 Å². The van der Waals surface area contributed by atoms with Crippen LogP contribution in [-0.2, 0) is 20.8 Å². The lowest BCUT2D eigenvalue weighted by molar-refractivity contribution is -0.384. The van der Waals surface area contributed by atoms with Crippen molar-refractivity contribution >= 4 is 46.6 Å². The number of aromatic nitrogens is 3. The highest BCUT2D eigenvalue weighted by Gasteiger charge is 2.35. The number of non-ortho nitro benzene ring substituents is 1. The highest BCUT2D eigenvalue weighted by Crippen LogP contribution is 2.34. The average Bonchev–Trinajstić information content (AvgIpc) is 3.30. The fourth-order valence-electron chi connectivity index (χ4n) is 4.62. The summed E-state index contributed by atoms with van der Waals surface area (Å²) >= 11 is 0.846. The molecule has 0 spiro atoms. The fraction of sp³-hybridized carbons (Fsp3) is 0.321. The lowest BCUT2D eigenvalue weighted by Crippen LogP contribution is -2.40. The molecule has 3 fully saturated rings. The molecule has 222 valence electrons. The molecule has 2 aromatic carbocycles. The number of thioether (sulfide) groups is 1. The number of rotatable bonds is 8. The van der Waals surface area contributed by atoms with Crippen LogP contribution in [0.3, 0.4) is 0 Å². The fourth-order valence-corrected chi connectivity index (χ4v) is 5.46. The van der Waals surface area contributed by atoms with Gasteiger partial charge in [0.1, 0.15) is 5.75 Å². The van der Waals surface area contributed by atoms with Gasteiger partial charge in [-0.2, -0.15) is 15.0 Å². The number of carbonyl (C=O) groups excluding carboxylic acids is 2. The van der Waals surface area contributed by atoms with Gasteiger partial charge in [0.2, 0.25) is 11.9 Å². The molecular weight excluding hydrogens is 578 g/mol. The molecule has 0 aliphatic carbocycles. The van der Waals surface area contributed by atoms with Crippen LogP contribution in [0.15, 0.2) is 53.4 Å². The zero-order valence-corrected chi connectivity index (χ0v) is 23.8. The molecule has 1 aromatic heterocycles. The predicted molar refractivity (Wildman–Crippen MR) is 157 cm³/mol. The molecular formula is C28H27N7O7S. The van der Waals surface area contributed by atoms with E-state index in [2.05, 4.69) is 15.0 Å². The van der Waals surface area contributed by atoms with Crippen LogP contribution in [0.25, 0.3) is 6.08 Å². The molecule has 0 radical (unpaired) electrons. The number of carbonyl (C=O) groups is 2. The van der Waals surface area contributed by atoms with E-state index in [0.29, 0.717) is 81.4 Å². The molecule has 3 aliphatic rings. The zero-order chi connectivity index (χ0) is 29.8. The maximum absolute atomic E-state index is 13.0. The van der Waals surface area contributed by atoms with Crippen molar-refractivity contribution < 1.29 is 28.7 Å². The van der Waals surface area contributed by atoms with E-state index < -0.39 is 16.1 Å². The minimum absolute atomic E-state index is 0.0254. The molecule has 3 aromatic rings. The molecule has 4 heterocycles. The summed E-state index contributed by atoms with van der Waals surface area (Å²) in [5, 5.41) is 10.5. The summed E-state index contributed by atoms with van der Waals surface area (Å²) < 4.78 is 17.0. The van der Waals surface area contributed by atoms with Gasteiger partial charge in [-0.05, 0) is 41.1 Å². The van der Waals surface area contributed by atoms with E-state index in [1.807, 2.05) is 9.80 Å². The first-order valence-electron chi connectivity index (χ1n) is 13.6. The summed E-state index contributed by atoms with van der Waals surface area (Å²) in [6.45, 7) is 5.05. The Bertz CT molecular complexity index is 1500. The molecule has 3 aliphatic heterocycles. The Labute approximate surface area is 250 Å². The summed E-state index contributed by atoms with van der Waals surface area (Å²) in [5.41, 5.74) is 1.25. The molecule has 14 nitrogen and oxygen atoms in total. The maximum atomic E-state index is 13.0. The zero-order valence-electron chi connectivity index (χ0n) is 23.0. The lowest BCUT2D eigenvalue weighted by atomic mass is 10.2. The number of imide groups is 1. The molecule has 15 heteroatoms. The molecule has 0 N–H and O–H groups in total. The van der Waals surface area contributed by atoms with Gasteiger partial charge in [-0.1, -0.05) is 24.3 Å². The first-order valence-corrected chi connectivity index (χ1v) is 14.4. The Morgan fingerprint density at radius 3 is 2.00 bits per heavy atom. The van der Waals surface area contributed by atoms with Gasteiger partial charge in [-0.25, -0.2) is 0 Å². The second-order valence-electron chi connectivity index (χ2n) is 9.78. The van der Waals surface area contributed by atoms with Crippen LogP contribution in [0.1, 0.15) is 11.1 Å². The summed E-state index contributed by atoms with van der Waals surface area (Å²) in [7, 11) is 0. The van der Waals surface area contributed by atoms with Gasteiger partial charge in [0.15, 0.2) is 0 Å². The molecule has 3 saturated heterocycles. The monoisotopic (exact) mass is 605 g/mol. The van der Waals surface area contributed by atoms with Crippen LogP contribution < -0.4 is 14.5 Å². The number of benzene rings is 2.